The van der Waals surface area contributed by atoms with Crippen LogP contribution in [0.15, 0.2) is 48.5 Å². The van der Waals surface area contributed by atoms with Crippen LogP contribution in [0.25, 0.3) is 0 Å². The summed E-state index contributed by atoms with van der Waals surface area (Å²) in [6.07, 6.45) is 0. The van der Waals surface area contributed by atoms with Gasteiger partial charge < -0.3 is 14.8 Å². The molecule has 0 aliphatic carbocycles. The van der Waals surface area contributed by atoms with E-state index in [1.807, 2.05) is 24.3 Å². The fourth-order valence-corrected chi connectivity index (χ4v) is 2.13. The number of benzene rings is 2. The third-order valence-corrected chi connectivity index (χ3v) is 3.21. The summed E-state index contributed by atoms with van der Waals surface area (Å²) in [6.45, 7) is -0.0300. The molecule has 0 aliphatic heterocycles. The van der Waals surface area contributed by atoms with Gasteiger partial charge in [0, 0.05) is 9.26 Å². The summed E-state index contributed by atoms with van der Waals surface area (Å²) < 4.78 is 11.5. The smallest absolute Gasteiger partial charge is 0.262 e. The molecule has 0 saturated heterocycles. The molecule has 0 atom stereocenters. The van der Waals surface area contributed by atoms with E-state index in [0.29, 0.717) is 5.75 Å². The highest BCUT2D eigenvalue weighted by molar-refractivity contribution is 14.1. The first kappa shape index (κ1) is 14.6. The maximum atomic E-state index is 11.8. The van der Waals surface area contributed by atoms with E-state index in [-0.39, 0.29) is 12.5 Å². The topological polar surface area (TPSA) is 47.6 Å². The monoisotopic (exact) mass is 383 g/mol. The lowest BCUT2D eigenvalue weighted by Crippen LogP contribution is -2.20. The third kappa shape index (κ3) is 4.41. The fraction of sp³-hybridized carbons (Fsp3) is 0.133. The van der Waals surface area contributed by atoms with Gasteiger partial charge in [-0.1, -0.05) is 6.07 Å². The van der Waals surface area contributed by atoms with Gasteiger partial charge in [-0.15, -0.1) is 0 Å². The Labute approximate surface area is 131 Å². The number of halogens is 1. The Morgan fingerprint density at radius 2 is 1.85 bits per heavy atom. The molecule has 0 unspecified atom stereocenters. The number of carbonyl (C=O) groups is 1. The quantitative estimate of drug-likeness (QED) is 0.806. The van der Waals surface area contributed by atoms with Gasteiger partial charge in [0.2, 0.25) is 0 Å². The molecule has 2 aromatic rings. The second-order valence-corrected chi connectivity index (χ2v) is 5.27. The molecule has 1 N–H and O–H groups in total. The van der Waals surface area contributed by atoms with Crippen molar-refractivity contribution in [3.8, 4) is 11.5 Å². The summed E-state index contributed by atoms with van der Waals surface area (Å²) in [5.41, 5.74) is 0.764. The van der Waals surface area contributed by atoms with Crippen LogP contribution < -0.4 is 14.8 Å². The lowest BCUT2D eigenvalue weighted by atomic mass is 10.3. The van der Waals surface area contributed by atoms with Gasteiger partial charge in [-0.3, -0.25) is 4.79 Å². The lowest BCUT2D eigenvalue weighted by molar-refractivity contribution is -0.118. The van der Waals surface area contributed by atoms with Crippen molar-refractivity contribution in [2.75, 3.05) is 19.0 Å². The second kappa shape index (κ2) is 7.14. The largest absolute Gasteiger partial charge is 0.497 e. The average molecular weight is 383 g/mol. The van der Waals surface area contributed by atoms with Crippen molar-refractivity contribution in [2.45, 2.75) is 0 Å². The van der Waals surface area contributed by atoms with Crippen LogP contribution in [0.5, 0.6) is 11.5 Å². The second-order valence-electron chi connectivity index (χ2n) is 4.02. The van der Waals surface area contributed by atoms with Crippen LogP contribution in [-0.4, -0.2) is 19.6 Å². The van der Waals surface area contributed by atoms with Crippen molar-refractivity contribution in [2.24, 2.45) is 0 Å². The molecule has 5 heteroatoms. The first-order valence-electron chi connectivity index (χ1n) is 5.99. The van der Waals surface area contributed by atoms with Crippen molar-refractivity contribution in [3.05, 3.63) is 52.1 Å². The molecule has 20 heavy (non-hydrogen) atoms. The van der Waals surface area contributed by atoms with E-state index in [1.54, 1.807) is 31.4 Å². The molecule has 0 aromatic heterocycles. The van der Waals surface area contributed by atoms with Crippen molar-refractivity contribution in [1.82, 2.24) is 0 Å². The van der Waals surface area contributed by atoms with Gasteiger partial charge in [-0.2, -0.15) is 0 Å². The van der Waals surface area contributed by atoms with E-state index in [1.165, 1.54) is 0 Å². The number of anilines is 1. The van der Waals surface area contributed by atoms with Gasteiger partial charge in [0.15, 0.2) is 6.61 Å². The van der Waals surface area contributed by atoms with Crippen LogP contribution in [0, 0.1) is 3.57 Å². The summed E-state index contributed by atoms with van der Waals surface area (Å²) in [7, 11) is 1.60. The number of methoxy groups -OCH3 is 1. The number of hydrogen-bond acceptors (Lipinski definition) is 3. The molecule has 0 aliphatic rings. The summed E-state index contributed by atoms with van der Waals surface area (Å²) in [4.78, 5) is 11.8. The fourth-order valence-electron chi connectivity index (χ4n) is 1.58. The molecule has 0 bridgehead atoms. The number of ether oxygens (including phenoxy) is 2. The maximum Gasteiger partial charge on any atom is 0.262 e. The highest BCUT2D eigenvalue weighted by Crippen LogP contribution is 2.17. The zero-order valence-electron chi connectivity index (χ0n) is 10.9. The highest BCUT2D eigenvalue weighted by Gasteiger charge is 2.04. The standard InChI is InChI=1S/C15H14INO3/c1-19-13-5-7-14(8-6-13)20-10-15(18)17-12-4-2-3-11(16)9-12/h2-9H,10H2,1H3,(H,17,18). The van der Waals surface area contributed by atoms with Crippen LogP contribution in [0.2, 0.25) is 0 Å². The Balaban J connectivity index is 1.85. The predicted molar refractivity (Wildman–Crippen MR) is 86.3 cm³/mol. The molecule has 2 rings (SSSR count). The Morgan fingerprint density at radius 1 is 1.15 bits per heavy atom. The first-order chi connectivity index (χ1) is 9.67. The molecule has 0 heterocycles. The van der Waals surface area contributed by atoms with Gasteiger partial charge in [-0.25, -0.2) is 0 Å². The summed E-state index contributed by atoms with van der Waals surface area (Å²) in [6, 6.07) is 14.7. The van der Waals surface area contributed by atoms with Gasteiger partial charge in [0.1, 0.15) is 11.5 Å². The van der Waals surface area contributed by atoms with E-state index in [9.17, 15) is 4.79 Å². The molecular weight excluding hydrogens is 369 g/mol. The van der Waals surface area contributed by atoms with Gasteiger partial charge in [0.05, 0.1) is 7.11 Å². The minimum atomic E-state index is -0.192. The maximum absolute atomic E-state index is 11.8. The third-order valence-electron chi connectivity index (χ3n) is 2.54. The van der Waals surface area contributed by atoms with E-state index in [2.05, 4.69) is 27.9 Å². The molecular formula is C15H14INO3. The van der Waals surface area contributed by atoms with Crippen molar-refractivity contribution in [3.63, 3.8) is 0 Å². The van der Waals surface area contributed by atoms with Crippen molar-refractivity contribution >= 4 is 34.2 Å². The molecule has 1 amide bonds. The van der Waals surface area contributed by atoms with E-state index in [4.69, 9.17) is 9.47 Å². The average Bonchev–Trinajstić information content (AvgIpc) is 2.46. The van der Waals surface area contributed by atoms with Gasteiger partial charge >= 0.3 is 0 Å². The van der Waals surface area contributed by atoms with E-state index < -0.39 is 0 Å². The predicted octanol–water partition coefficient (Wildman–Crippen LogP) is 3.32. The Kier molecular flexibility index (Phi) is 5.23. The number of nitrogens with one attached hydrogen (secondary N) is 1. The van der Waals surface area contributed by atoms with Crippen LogP contribution in [-0.2, 0) is 4.79 Å². The zero-order valence-corrected chi connectivity index (χ0v) is 13.1. The SMILES string of the molecule is COc1ccc(OCC(=O)Nc2cccc(I)c2)cc1. The molecule has 0 radical (unpaired) electrons. The molecule has 0 spiro atoms. The van der Waals surface area contributed by atoms with Gasteiger partial charge in [0.25, 0.3) is 5.91 Å². The van der Waals surface area contributed by atoms with Crippen molar-refractivity contribution in [1.29, 1.82) is 0 Å². The minimum absolute atomic E-state index is 0.0300. The number of rotatable bonds is 5. The van der Waals surface area contributed by atoms with Crippen LogP contribution in [0.4, 0.5) is 5.69 Å². The number of hydrogen-bond donors (Lipinski definition) is 1. The lowest BCUT2D eigenvalue weighted by Gasteiger charge is -2.08. The molecule has 4 nitrogen and oxygen atoms in total. The summed E-state index contributed by atoms with van der Waals surface area (Å²) in [5, 5.41) is 2.78. The molecule has 0 fully saturated rings. The molecule has 0 saturated carbocycles. The normalized spacial score (nSPS) is 9.90. The first-order valence-corrected chi connectivity index (χ1v) is 7.07. The van der Waals surface area contributed by atoms with Crippen molar-refractivity contribution < 1.29 is 14.3 Å². The molecule has 104 valence electrons. The van der Waals surface area contributed by atoms with Crippen LogP contribution in [0.3, 0.4) is 0 Å². The van der Waals surface area contributed by atoms with Gasteiger partial charge in [-0.05, 0) is 65.1 Å². The Morgan fingerprint density at radius 3 is 2.50 bits per heavy atom. The van der Waals surface area contributed by atoms with Crippen LogP contribution in [0.1, 0.15) is 0 Å². The number of amides is 1. The highest BCUT2D eigenvalue weighted by atomic mass is 127. The Hall–Kier alpha value is -1.76. The summed E-state index contributed by atoms with van der Waals surface area (Å²) in [5.74, 6) is 1.19. The molecule has 2 aromatic carbocycles. The summed E-state index contributed by atoms with van der Waals surface area (Å²) >= 11 is 2.20. The minimum Gasteiger partial charge on any atom is -0.497 e. The van der Waals surface area contributed by atoms with E-state index in [0.717, 1.165) is 15.0 Å². The Bertz CT molecular complexity index is 584. The van der Waals surface area contributed by atoms with Crippen LogP contribution >= 0.6 is 22.6 Å². The zero-order chi connectivity index (χ0) is 14.4. The number of carbonyl (C=O) groups excluding carboxylic acids is 1. The van der Waals surface area contributed by atoms with E-state index >= 15 is 0 Å².